The second-order valence-corrected chi connectivity index (χ2v) is 5.86. The first-order valence-corrected chi connectivity index (χ1v) is 7.47. The van der Waals surface area contributed by atoms with Crippen LogP contribution in [0.3, 0.4) is 0 Å². The van der Waals surface area contributed by atoms with Crippen LogP contribution in [0.4, 0.5) is 0 Å². The molecule has 2 nitrogen and oxygen atoms in total. The van der Waals surface area contributed by atoms with Crippen LogP contribution in [0, 0.1) is 6.92 Å². The summed E-state index contributed by atoms with van der Waals surface area (Å²) in [6.45, 7) is 2.06. The van der Waals surface area contributed by atoms with Crippen molar-refractivity contribution in [2.45, 2.75) is 13.0 Å². The third-order valence-electron chi connectivity index (χ3n) is 3.55. The summed E-state index contributed by atoms with van der Waals surface area (Å²) in [7, 11) is 1.86. The Morgan fingerprint density at radius 2 is 1.76 bits per heavy atom. The molecule has 108 valence electrons. The van der Waals surface area contributed by atoms with E-state index in [2.05, 4.69) is 18.3 Å². The second-order valence-electron chi connectivity index (χ2n) is 5.05. The molecule has 1 aromatic heterocycles. The van der Waals surface area contributed by atoms with E-state index in [0.717, 1.165) is 22.3 Å². The van der Waals surface area contributed by atoms with Crippen LogP contribution in [-0.2, 0) is 0 Å². The third-order valence-corrected chi connectivity index (χ3v) is 4.21. The summed E-state index contributed by atoms with van der Waals surface area (Å²) in [6, 6.07) is 13.5. The van der Waals surface area contributed by atoms with E-state index in [1.54, 1.807) is 0 Å². The average Bonchev–Trinajstić information content (AvgIpc) is 2.85. The summed E-state index contributed by atoms with van der Waals surface area (Å²) in [5, 5.41) is 5.55. The van der Waals surface area contributed by atoms with Crippen LogP contribution in [0.25, 0.3) is 11.0 Å². The Hall–Kier alpha value is -1.48. The summed E-state index contributed by atoms with van der Waals surface area (Å²) in [5.41, 5.74) is 2.89. The summed E-state index contributed by atoms with van der Waals surface area (Å²) in [4.78, 5) is 0. The van der Waals surface area contributed by atoms with E-state index in [4.69, 9.17) is 27.6 Å². The molecule has 0 bridgehead atoms. The number of hydrogen-bond donors (Lipinski definition) is 1. The minimum atomic E-state index is -0.182. The lowest BCUT2D eigenvalue weighted by atomic mass is 10.0. The van der Waals surface area contributed by atoms with Gasteiger partial charge in [-0.3, -0.25) is 0 Å². The fourth-order valence-corrected chi connectivity index (χ4v) is 3.16. The van der Waals surface area contributed by atoms with Gasteiger partial charge in [0.25, 0.3) is 0 Å². The Bertz CT molecular complexity index is 774. The van der Waals surface area contributed by atoms with Crippen molar-refractivity contribution in [3.63, 3.8) is 0 Å². The molecule has 0 amide bonds. The minimum absolute atomic E-state index is 0.182. The van der Waals surface area contributed by atoms with Gasteiger partial charge in [-0.2, -0.15) is 0 Å². The first kappa shape index (κ1) is 14.5. The van der Waals surface area contributed by atoms with Gasteiger partial charge in [-0.1, -0.05) is 40.9 Å². The molecule has 0 fully saturated rings. The maximum Gasteiger partial charge on any atom is 0.134 e. The van der Waals surface area contributed by atoms with Crippen molar-refractivity contribution in [2.24, 2.45) is 0 Å². The van der Waals surface area contributed by atoms with E-state index in [0.29, 0.717) is 10.0 Å². The molecule has 3 aromatic rings. The quantitative estimate of drug-likeness (QED) is 0.703. The zero-order valence-electron chi connectivity index (χ0n) is 11.8. The first-order chi connectivity index (χ1) is 10.1. The monoisotopic (exact) mass is 319 g/mol. The SMILES string of the molecule is CNC(c1cc2cc(C)ccc2o1)c1c(Cl)cccc1Cl. The standard InChI is InChI=1S/C17H15Cl2NO/c1-10-6-7-14-11(8-10)9-15(21-14)17(20-2)16-12(18)4-3-5-13(16)19/h3-9,17,20H,1-2H3. The Labute approximate surface area is 133 Å². The van der Waals surface area contributed by atoms with Gasteiger partial charge < -0.3 is 9.73 Å². The first-order valence-electron chi connectivity index (χ1n) is 6.71. The fraction of sp³-hybridized carbons (Fsp3) is 0.176. The summed E-state index contributed by atoms with van der Waals surface area (Å²) in [5.74, 6) is 0.799. The second kappa shape index (κ2) is 5.72. The molecule has 1 N–H and O–H groups in total. The van der Waals surface area contributed by atoms with Crippen molar-refractivity contribution in [3.05, 3.63) is 69.4 Å². The average molecular weight is 320 g/mol. The minimum Gasteiger partial charge on any atom is -0.459 e. The molecule has 4 heteroatoms. The summed E-state index contributed by atoms with van der Waals surface area (Å²) >= 11 is 12.6. The van der Waals surface area contributed by atoms with E-state index < -0.39 is 0 Å². The lowest BCUT2D eigenvalue weighted by Crippen LogP contribution is -2.17. The predicted octanol–water partition coefficient (Wildman–Crippen LogP) is 5.36. The number of rotatable bonds is 3. The molecule has 0 saturated heterocycles. The molecule has 0 saturated carbocycles. The van der Waals surface area contributed by atoms with Crippen molar-refractivity contribution in [2.75, 3.05) is 7.05 Å². The van der Waals surface area contributed by atoms with Gasteiger partial charge in [-0.05, 0) is 44.3 Å². The molecular formula is C17H15Cl2NO. The molecule has 0 aliphatic rings. The van der Waals surface area contributed by atoms with Gasteiger partial charge in [0.2, 0.25) is 0 Å². The molecule has 0 spiro atoms. The highest BCUT2D eigenvalue weighted by Crippen LogP contribution is 2.36. The number of furan rings is 1. The Morgan fingerprint density at radius 3 is 2.43 bits per heavy atom. The molecule has 0 aliphatic heterocycles. The van der Waals surface area contributed by atoms with Crippen LogP contribution in [0.5, 0.6) is 0 Å². The highest BCUT2D eigenvalue weighted by Gasteiger charge is 2.22. The fourth-order valence-electron chi connectivity index (χ4n) is 2.54. The molecule has 1 atom stereocenters. The maximum atomic E-state index is 6.31. The van der Waals surface area contributed by atoms with E-state index in [1.165, 1.54) is 5.56 Å². The number of aryl methyl sites for hydroxylation is 1. The largest absolute Gasteiger partial charge is 0.459 e. The van der Waals surface area contributed by atoms with Crippen molar-refractivity contribution < 1.29 is 4.42 Å². The highest BCUT2D eigenvalue weighted by molar-refractivity contribution is 6.36. The van der Waals surface area contributed by atoms with E-state index in [9.17, 15) is 0 Å². The van der Waals surface area contributed by atoms with Crippen molar-refractivity contribution in [1.82, 2.24) is 5.32 Å². The topological polar surface area (TPSA) is 25.2 Å². The molecule has 2 aromatic carbocycles. The van der Waals surface area contributed by atoms with Gasteiger partial charge >= 0.3 is 0 Å². The molecule has 1 heterocycles. The van der Waals surface area contributed by atoms with Gasteiger partial charge in [0, 0.05) is 21.0 Å². The predicted molar refractivity (Wildman–Crippen MR) is 88.3 cm³/mol. The number of hydrogen-bond acceptors (Lipinski definition) is 2. The van der Waals surface area contributed by atoms with Crippen molar-refractivity contribution in [1.29, 1.82) is 0 Å². The highest BCUT2D eigenvalue weighted by atomic mass is 35.5. The van der Waals surface area contributed by atoms with Crippen molar-refractivity contribution >= 4 is 34.2 Å². The Kier molecular flexibility index (Phi) is 3.94. The lowest BCUT2D eigenvalue weighted by Gasteiger charge is -2.17. The van der Waals surface area contributed by atoms with E-state index in [1.807, 2.05) is 43.4 Å². The van der Waals surface area contributed by atoms with E-state index in [-0.39, 0.29) is 6.04 Å². The molecule has 1 unspecified atom stereocenters. The molecule has 3 rings (SSSR count). The molecule has 21 heavy (non-hydrogen) atoms. The molecule has 0 aliphatic carbocycles. The number of benzene rings is 2. The number of fused-ring (bicyclic) bond motifs is 1. The zero-order chi connectivity index (χ0) is 15.0. The van der Waals surface area contributed by atoms with Crippen molar-refractivity contribution in [3.8, 4) is 0 Å². The van der Waals surface area contributed by atoms with Gasteiger partial charge in [0.1, 0.15) is 11.3 Å². The van der Waals surface area contributed by atoms with Crippen LogP contribution < -0.4 is 5.32 Å². The van der Waals surface area contributed by atoms with Crippen LogP contribution in [-0.4, -0.2) is 7.05 Å². The van der Waals surface area contributed by atoms with Gasteiger partial charge in [0.15, 0.2) is 0 Å². The van der Waals surface area contributed by atoms with Crippen LogP contribution in [0.2, 0.25) is 10.0 Å². The Balaban J connectivity index is 2.14. The van der Waals surface area contributed by atoms with Gasteiger partial charge in [0.05, 0.1) is 6.04 Å². The van der Waals surface area contributed by atoms with Gasteiger partial charge in [-0.25, -0.2) is 0 Å². The summed E-state index contributed by atoms with van der Waals surface area (Å²) in [6.07, 6.45) is 0. The van der Waals surface area contributed by atoms with Gasteiger partial charge in [-0.15, -0.1) is 0 Å². The summed E-state index contributed by atoms with van der Waals surface area (Å²) < 4.78 is 5.96. The Morgan fingerprint density at radius 1 is 1.05 bits per heavy atom. The smallest absolute Gasteiger partial charge is 0.134 e. The number of nitrogens with one attached hydrogen (secondary N) is 1. The van der Waals surface area contributed by atoms with Crippen LogP contribution in [0.1, 0.15) is 22.9 Å². The van der Waals surface area contributed by atoms with E-state index >= 15 is 0 Å². The lowest BCUT2D eigenvalue weighted by molar-refractivity contribution is 0.492. The van der Waals surface area contributed by atoms with Crippen LogP contribution >= 0.6 is 23.2 Å². The molecule has 0 radical (unpaired) electrons. The normalized spacial score (nSPS) is 12.8. The van der Waals surface area contributed by atoms with Crippen LogP contribution in [0.15, 0.2) is 46.9 Å². The molecular weight excluding hydrogens is 305 g/mol. The maximum absolute atomic E-state index is 6.31. The number of halogens is 2. The third kappa shape index (κ3) is 2.67. The zero-order valence-corrected chi connectivity index (χ0v) is 13.3.